The van der Waals surface area contributed by atoms with E-state index in [1.165, 1.54) is 6.07 Å². The average molecular weight is 282 g/mol. The zero-order valence-electron chi connectivity index (χ0n) is 13.1. The molecule has 0 bridgehead atoms. The zero-order chi connectivity index (χ0) is 15.2. The van der Waals surface area contributed by atoms with Crippen LogP contribution in [-0.2, 0) is 6.54 Å². The second-order valence-electron chi connectivity index (χ2n) is 6.04. The van der Waals surface area contributed by atoms with Crippen LogP contribution in [0.4, 0.5) is 4.39 Å². The summed E-state index contributed by atoms with van der Waals surface area (Å²) in [5, 5.41) is 0. The monoisotopic (exact) mass is 282 g/mol. The van der Waals surface area contributed by atoms with Gasteiger partial charge in [0.25, 0.3) is 0 Å². The van der Waals surface area contributed by atoms with Crippen LogP contribution in [-0.4, -0.2) is 31.6 Å². The molecule has 20 heavy (non-hydrogen) atoms. The smallest absolute Gasteiger partial charge is 0.131 e. The Hall–Kier alpha value is -1.13. The van der Waals surface area contributed by atoms with Gasteiger partial charge in [0.1, 0.15) is 11.6 Å². The van der Waals surface area contributed by atoms with Crippen LogP contribution < -0.4 is 10.5 Å². The van der Waals surface area contributed by atoms with E-state index in [0.29, 0.717) is 24.4 Å². The first kappa shape index (κ1) is 16.9. The van der Waals surface area contributed by atoms with Crippen molar-refractivity contribution in [3.8, 4) is 5.75 Å². The molecule has 0 aliphatic heterocycles. The van der Waals surface area contributed by atoms with Gasteiger partial charge in [-0.25, -0.2) is 4.39 Å². The minimum Gasteiger partial charge on any atom is -0.497 e. The van der Waals surface area contributed by atoms with E-state index in [1.807, 2.05) is 0 Å². The van der Waals surface area contributed by atoms with Gasteiger partial charge in [0.2, 0.25) is 0 Å². The van der Waals surface area contributed by atoms with Crippen LogP contribution in [0.2, 0.25) is 0 Å². The molecule has 114 valence electrons. The van der Waals surface area contributed by atoms with Crippen LogP contribution in [0.3, 0.4) is 0 Å². The van der Waals surface area contributed by atoms with Gasteiger partial charge >= 0.3 is 0 Å². The van der Waals surface area contributed by atoms with E-state index >= 15 is 0 Å². The molecule has 0 unspecified atom stereocenters. The molecule has 2 N–H and O–H groups in total. The van der Waals surface area contributed by atoms with Crippen molar-refractivity contribution >= 4 is 0 Å². The minimum absolute atomic E-state index is 0.0398. The molecule has 1 rings (SSSR count). The van der Waals surface area contributed by atoms with Crippen molar-refractivity contribution in [3.05, 3.63) is 29.6 Å². The quantitative estimate of drug-likeness (QED) is 0.796. The van der Waals surface area contributed by atoms with Crippen LogP contribution in [0.1, 0.15) is 32.8 Å². The second-order valence-corrected chi connectivity index (χ2v) is 6.04. The van der Waals surface area contributed by atoms with Crippen molar-refractivity contribution in [2.45, 2.75) is 33.7 Å². The molecule has 0 saturated carbocycles. The molecule has 0 aromatic heterocycles. The Morgan fingerprint density at radius 2 is 2.05 bits per heavy atom. The lowest BCUT2D eigenvalue weighted by Crippen LogP contribution is -2.39. The Labute approximate surface area is 121 Å². The maximum Gasteiger partial charge on any atom is 0.131 e. The maximum absolute atomic E-state index is 14.0. The van der Waals surface area contributed by atoms with Crippen molar-refractivity contribution in [3.63, 3.8) is 0 Å². The van der Waals surface area contributed by atoms with E-state index in [0.717, 1.165) is 19.5 Å². The standard InChI is InChI=1S/C16H27FN2O/c1-5-8-19(12-16(2,3)11-18)10-13-6-7-14(20-4)9-15(13)17/h6-7,9H,5,8,10-12,18H2,1-4H3. The molecule has 0 amide bonds. The summed E-state index contributed by atoms with van der Waals surface area (Å²) in [5.41, 5.74) is 6.54. The van der Waals surface area contributed by atoms with Gasteiger partial charge in [0.05, 0.1) is 7.11 Å². The van der Waals surface area contributed by atoms with Crippen molar-refractivity contribution in [2.75, 3.05) is 26.7 Å². The molecule has 0 aliphatic rings. The summed E-state index contributed by atoms with van der Waals surface area (Å²) >= 11 is 0. The first-order valence-corrected chi connectivity index (χ1v) is 7.16. The molecular formula is C16H27FN2O. The highest BCUT2D eigenvalue weighted by Crippen LogP contribution is 2.21. The number of ether oxygens (including phenoxy) is 1. The molecule has 0 atom stereocenters. The lowest BCUT2D eigenvalue weighted by molar-refractivity contribution is 0.174. The van der Waals surface area contributed by atoms with Gasteiger partial charge < -0.3 is 10.5 Å². The molecule has 0 saturated heterocycles. The van der Waals surface area contributed by atoms with Gasteiger partial charge in [0, 0.05) is 24.7 Å². The molecule has 0 radical (unpaired) electrons. The van der Waals surface area contributed by atoms with Gasteiger partial charge in [-0.1, -0.05) is 26.8 Å². The Kier molecular flexibility index (Phi) is 6.43. The fourth-order valence-electron chi connectivity index (χ4n) is 2.22. The fourth-order valence-corrected chi connectivity index (χ4v) is 2.22. The molecule has 0 spiro atoms. The summed E-state index contributed by atoms with van der Waals surface area (Å²) in [7, 11) is 1.54. The Morgan fingerprint density at radius 1 is 1.35 bits per heavy atom. The number of nitrogens with zero attached hydrogens (tertiary/aromatic N) is 1. The molecule has 1 aromatic carbocycles. The number of benzene rings is 1. The van der Waals surface area contributed by atoms with Crippen molar-refractivity contribution in [1.29, 1.82) is 0 Å². The number of rotatable bonds is 8. The SMILES string of the molecule is CCCN(Cc1ccc(OC)cc1F)CC(C)(C)CN. The van der Waals surface area contributed by atoms with Crippen LogP contribution in [0.5, 0.6) is 5.75 Å². The Bertz CT molecular complexity index is 421. The highest BCUT2D eigenvalue weighted by molar-refractivity contribution is 5.28. The summed E-state index contributed by atoms with van der Waals surface area (Å²) < 4.78 is 19.1. The van der Waals surface area contributed by atoms with Gasteiger partial charge in [-0.2, -0.15) is 0 Å². The lowest BCUT2D eigenvalue weighted by Gasteiger charge is -2.31. The molecule has 3 nitrogen and oxygen atoms in total. The van der Waals surface area contributed by atoms with Crippen LogP contribution in [0.15, 0.2) is 18.2 Å². The maximum atomic E-state index is 14.0. The topological polar surface area (TPSA) is 38.5 Å². The number of hydrogen-bond donors (Lipinski definition) is 1. The first-order valence-electron chi connectivity index (χ1n) is 7.16. The van der Waals surface area contributed by atoms with E-state index in [-0.39, 0.29) is 11.2 Å². The van der Waals surface area contributed by atoms with Gasteiger partial charge in [-0.3, -0.25) is 4.90 Å². The molecule has 0 aliphatic carbocycles. The Morgan fingerprint density at radius 3 is 2.55 bits per heavy atom. The zero-order valence-corrected chi connectivity index (χ0v) is 13.1. The minimum atomic E-state index is -0.212. The molecule has 0 fully saturated rings. The van der Waals surface area contributed by atoms with E-state index in [4.69, 9.17) is 10.5 Å². The van der Waals surface area contributed by atoms with Crippen molar-refractivity contribution in [2.24, 2.45) is 11.1 Å². The summed E-state index contributed by atoms with van der Waals surface area (Å²) in [6.45, 7) is 9.44. The van der Waals surface area contributed by atoms with Crippen molar-refractivity contribution < 1.29 is 9.13 Å². The van der Waals surface area contributed by atoms with E-state index in [9.17, 15) is 4.39 Å². The van der Waals surface area contributed by atoms with E-state index in [2.05, 4.69) is 25.7 Å². The van der Waals surface area contributed by atoms with Crippen LogP contribution >= 0.6 is 0 Å². The first-order chi connectivity index (χ1) is 9.41. The fraction of sp³-hybridized carbons (Fsp3) is 0.625. The average Bonchev–Trinajstić information content (AvgIpc) is 2.41. The van der Waals surface area contributed by atoms with Gasteiger partial charge in [0.15, 0.2) is 0 Å². The number of nitrogens with two attached hydrogens (primary N) is 1. The van der Waals surface area contributed by atoms with Crippen LogP contribution in [0, 0.1) is 11.2 Å². The summed E-state index contributed by atoms with van der Waals surface area (Å²) in [4.78, 5) is 2.26. The predicted octanol–water partition coefficient (Wildman–Crippen LogP) is 3.03. The van der Waals surface area contributed by atoms with Gasteiger partial charge in [-0.05, 0) is 31.0 Å². The third-order valence-corrected chi connectivity index (χ3v) is 3.40. The van der Waals surface area contributed by atoms with E-state index in [1.54, 1.807) is 19.2 Å². The summed E-state index contributed by atoms with van der Waals surface area (Å²) in [6.07, 6.45) is 1.04. The predicted molar refractivity (Wildman–Crippen MR) is 81.4 cm³/mol. The van der Waals surface area contributed by atoms with Crippen molar-refractivity contribution in [1.82, 2.24) is 4.90 Å². The second kappa shape index (κ2) is 7.60. The highest BCUT2D eigenvalue weighted by atomic mass is 19.1. The normalized spacial score (nSPS) is 11.9. The van der Waals surface area contributed by atoms with Crippen LogP contribution in [0.25, 0.3) is 0 Å². The number of methoxy groups -OCH3 is 1. The lowest BCUT2D eigenvalue weighted by atomic mass is 9.93. The molecular weight excluding hydrogens is 255 g/mol. The molecule has 4 heteroatoms. The Balaban J connectivity index is 2.79. The number of halogens is 1. The number of hydrogen-bond acceptors (Lipinski definition) is 3. The summed E-state index contributed by atoms with van der Waals surface area (Å²) in [6, 6.07) is 5.04. The summed E-state index contributed by atoms with van der Waals surface area (Å²) in [5.74, 6) is 0.339. The third kappa shape index (κ3) is 5.10. The van der Waals surface area contributed by atoms with E-state index < -0.39 is 0 Å². The largest absolute Gasteiger partial charge is 0.497 e. The molecule has 1 aromatic rings. The highest BCUT2D eigenvalue weighted by Gasteiger charge is 2.20. The molecule has 0 heterocycles. The van der Waals surface area contributed by atoms with Gasteiger partial charge in [-0.15, -0.1) is 0 Å². The third-order valence-electron chi connectivity index (χ3n) is 3.40.